The van der Waals surface area contributed by atoms with Crippen LogP contribution in [0.3, 0.4) is 0 Å². The molecule has 108 valence electrons. The van der Waals surface area contributed by atoms with Gasteiger partial charge < -0.3 is 10.4 Å². The lowest BCUT2D eigenvalue weighted by Crippen LogP contribution is -2.41. The summed E-state index contributed by atoms with van der Waals surface area (Å²) < 4.78 is 26.0. The maximum atomic E-state index is 13.0. The molecule has 1 saturated carbocycles. The van der Waals surface area contributed by atoms with Crippen LogP contribution in [0.4, 0.5) is 8.78 Å². The second kappa shape index (κ2) is 5.98. The highest BCUT2D eigenvalue weighted by Gasteiger charge is 2.30. The third-order valence-electron chi connectivity index (χ3n) is 3.19. The molecule has 2 rings (SSSR count). The van der Waals surface area contributed by atoms with Crippen LogP contribution >= 0.6 is 0 Å². The first kappa shape index (κ1) is 14.4. The quantitative estimate of drug-likeness (QED) is 0.837. The van der Waals surface area contributed by atoms with Crippen LogP contribution < -0.4 is 5.32 Å². The minimum Gasteiger partial charge on any atom is -0.480 e. The van der Waals surface area contributed by atoms with Crippen molar-refractivity contribution in [3.8, 4) is 0 Å². The Labute approximate surface area is 114 Å². The molecule has 0 heterocycles. The van der Waals surface area contributed by atoms with Crippen molar-refractivity contribution in [3.63, 3.8) is 0 Å². The van der Waals surface area contributed by atoms with Crippen LogP contribution in [0.25, 0.3) is 0 Å². The summed E-state index contributed by atoms with van der Waals surface area (Å²) >= 11 is 0. The normalized spacial score (nSPS) is 15.7. The van der Waals surface area contributed by atoms with Gasteiger partial charge in [-0.25, -0.2) is 13.6 Å². The number of carboxylic acids is 1. The summed E-state index contributed by atoms with van der Waals surface area (Å²) in [4.78, 5) is 22.8. The highest BCUT2D eigenvalue weighted by atomic mass is 19.1. The predicted molar refractivity (Wildman–Crippen MR) is 67.0 cm³/mol. The lowest BCUT2D eigenvalue weighted by molar-refractivity contribution is -0.142. The molecule has 1 aromatic carbocycles. The van der Waals surface area contributed by atoms with Gasteiger partial charge in [0, 0.05) is 6.07 Å². The minimum atomic E-state index is -1.09. The predicted octanol–water partition coefficient (Wildman–Crippen LogP) is 1.88. The molecule has 0 aliphatic heterocycles. The van der Waals surface area contributed by atoms with E-state index in [9.17, 15) is 18.4 Å². The average Bonchev–Trinajstić information content (AvgIpc) is 3.10. The molecule has 20 heavy (non-hydrogen) atoms. The molecule has 0 radical (unpaired) electrons. The fourth-order valence-electron chi connectivity index (χ4n) is 2.05. The van der Waals surface area contributed by atoms with Crippen molar-refractivity contribution in [1.29, 1.82) is 0 Å². The summed E-state index contributed by atoms with van der Waals surface area (Å²) in [5.74, 6) is -2.82. The second-order valence-corrected chi connectivity index (χ2v) is 5.09. The molecular weight excluding hydrogens is 268 g/mol. The summed E-state index contributed by atoms with van der Waals surface area (Å²) in [5, 5.41) is 11.4. The van der Waals surface area contributed by atoms with E-state index in [0.29, 0.717) is 18.4 Å². The van der Waals surface area contributed by atoms with Crippen LogP contribution in [-0.4, -0.2) is 23.0 Å². The third-order valence-corrected chi connectivity index (χ3v) is 3.19. The lowest BCUT2D eigenvalue weighted by atomic mass is 10.1. The fraction of sp³-hybridized carbons (Fsp3) is 0.429. The molecule has 1 aliphatic rings. The number of rotatable bonds is 6. The van der Waals surface area contributed by atoms with Gasteiger partial charge >= 0.3 is 5.97 Å². The van der Waals surface area contributed by atoms with E-state index in [2.05, 4.69) is 5.32 Å². The van der Waals surface area contributed by atoms with Gasteiger partial charge in [0.15, 0.2) is 0 Å². The summed E-state index contributed by atoms with van der Waals surface area (Å²) in [6.45, 7) is 0. The van der Waals surface area contributed by atoms with Gasteiger partial charge in [-0.3, -0.25) is 4.79 Å². The zero-order chi connectivity index (χ0) is 14.7. The van der Waals surface area contributed by atoms with E-state index in [0.717, 1.165) is 25.0 Å². The first-order valence-electron chi connectivity index (χ1n) is 6.41. The van der Waals surface area contributed by atoms with Gasteiger partial charge in [-0.15, -0.1) is 0 Å². The largest absolute Gasteiger partial charge is 0.480 e. The molecule has 1 fully saturated rings. The van der Waals surface area contributed by atoms with E-state index in [1.54, 1.807) is 0 Å². The van der Waals surface area contributed by atoms with Crippen LogP contribution in [0.5, 0.6) is 0 Å². The van der Waals surface area contributed by atoms with Crippen molar-refractivity contribution in [3.05, 3.63) is 35.4 Å². The molecular formula is C14H15F2NO3. The number of hydrogen-bond donors (Lipinski definition) is 2. The second-order valence-electron chi connectivity index (χ2n) is 5.09. The van der Waals surface area contributed by atoms with Crippen molar-refractivity contribution in [1.82, 2.24) is 5.32 Å². The molecule has 0 spiro atoms. The average molecular weight is 283 g/mol. The van der Waals surface area contributed by atoms with Crippen molar-refractivity contribution >= 4 is 11.9 Å². The van der Waals surface area contributed by atoms with Gasteiger partial charge in [-0.1, -0.05) is 12.8 Å². The number of nitrogens with one attached hydrogen (secondary N) is 1. The van der Waals surface area contributed by atoms with E-state index >= 15 is 0 Å². The van der Waals surface area contributed by atoms with Crippen LogP contribution in [-0.2, 0) is 16.0 Å². The standard InChI is InChI=1S/C14H15F2NO3/c15-10-3-9(4-11(16)7-10)6-13(18)17-12(14(19)20)5-8-1-2-8/h3-4,7-8,12H,1-2,5-6H2,(H,17,18)(H,19,20)/t12-/m1/s1. The molecule has 0 bridgehead atoms. The van der Waals surface area contributed by atoms with Crippen molar-refractivity contribution in [2.75, 3.05) is 0 Å². The molecule has 4 nitrogen and oxygen atoms in total. The molecule has 0 aromatic heterocycles. The Hall–Kier alpha value is -1.98. The van der Waals surface area contributed by atoms with E-state index in [-0.39, 0.29) is 12.0 Å². The monoisotopic (exact) mass is 283 g/mol. The van der Waals surface area contributed by atoms with Crippen LogP contribution in [0.1, 0.15) is 24.8 Å². The summed E-state index contributed by atoms with van der Waals surface area (Å²) in [6, 6.07) is 1.89. The van der Waals surface area contributed by atoms with E-state index in [4.69, 9.17) is 5.11 Å². The van der Waals surface area contributed by atoms with Crippen molar-refractivity contribution in [2.24, 2.45) is 5.92 Å². The molecule has 6 heteroatoms. The Morgan fingerprint density at radius 2 is 1.85 bits per heavy atom. The zero-order valence-corrected chi connectivity index (χ0v) is 10.7. The zero-order valence-electron chi connectivity index (χ0n) is 10.7. The maximum absolute atomic E-state index is 13.0. The molecule has 0 saturated heterocycles. The number of carbonyl (C=O) groups is 2. The van der Waals surface area contributed by atoms with Crippen molar-refractivity contribution in [2.45, 2.75) is 31.7 Å². The van der Waals surface area contributed by atoms with Gasteiger partial charge in [0.25, 0.3) is 0 Å². The highest BCUT2D eigenvalue weighted by Crippen LogP contribution is 2.33. The summed E-state index contributed by atoms with van der Waals surface area (Å²) in [7, 11) is 0. The first-order chi connectivity index (χ1) is 9.44. The first-order valence-corrected chi connectivity index (χ1v) is 6.41. The van der Waals surface area contributed by atoms with Gasteiger partial charge in [0.1, 0.15) is 17.7 Å². The van der Waals surface area contributed by atoms with Gasteiger partial charge in [-0.05, 0) is 30.0 Å². The van der Waals surface area contributed by atoms with Crippen LogP contribution in [0.15, 0.2) is 18.2 Å². The Balaban J connectivity index is 1.94. The smallest absolute Gasteiger partial charge is 0.326 e. The Kier molecular flexibility index (Phi) is 4.32. The molecule has 1 aromatic rings. The third kappa shape index (κ3) is 4.29. The van der Waals surface area contributed by atoms with Crippen LogP contribution in [0, 0.1) is 17.6 Å². The highest BCUT2D eigenvalue weighted by molar-refractivity contribution is 5.84. The van der Waals surface area contributed by atoms with Gasteiger partial charge in [0.2, 0.25) is 5.91 Å². The van der Waals surface area contributed by atoms with Crippen LogP contribution in [0.2, 0.25) is 0 Å². The Morgan fingerprint density at radius 1 is 1.25 bits per heavy atom. The van der Waals surface area contributed by atoms with E-state index in [1.807, 2.05) is 0 Å². The maximum Gasteiger partial charge on any atom is 0.326 e. The molecule has 1 atom stereocenters. The number of hydrogen-bond acceptors (Lipinski definition) is 2. The minimum absolute atomic E-state index is 0.176. The van der Waals surface area contributed by atoms with Gasteiger partial charge in [-0.2, -0.15) is 0 Å². The number of halogens is 2. The number of amides is 1. The molecule has 1 aliphatic carbocycles. The molecule has 0 unspecified atom stereocenters. The Bertz CT molecular complexity index is 509. The van der Waals surface area contributed by atoms with E-state index in [1.165, 1.54) is 0 Å². The Morgan fingerprint density at radius 3 is 2.35 bits per heavy atom. The molecule has 1 amide bonds. The number of carbonyl (C=O) groups excluding carboxylic acids is 1. The lowest BCUT2D eigenvalue weighted by Gasteiger charge is -2.14. The van der Waals surface area contributed by atoms with Crippen molar-refractivity contribution < 1.29 is 23.5 Å². The number of benzene rings is 1. The molecule has 2 N–H and O–H groups in total. The van der Waals surface area contributed by atoms with Gasteiger partial charge in [0.05, 0.1) is 6.42 Å². The SMILES string of the molecule is O=C(Cc1cc(F)cc(F)c1)N[C@H](CC1CC1)C(=O)O. The summed E-state index contributed by atoms with van der Waals surface area (Å²) in [5.41, 5.74) is 0.176. The summed E-state index contributed by atoms with van der Waals surface area (Å²) in [6.07, 6.45) is 2.12. The van der Waals surface area contributed by atoms with E-state index < -0.39 is 29.6 Å². The fourth-order valence-corrected chi connectivity index (χ4v) is 2.05. The topological polar surface area (TPSA) is 66.4 Å². The number of carboxylic acid groups (broad SMARTS) is 1. The number of aliphatic carboxylic acids is 1.